The van der Waals surface area contributed by atoms with Crippen LogP contribution in [0.3, 0.4) is 0 Å². The van der Waals surface area contributed by atoms with Crippen LogP contribution in [0.2, 0.25) is 10.2 Å². The molecule has 0 unspecified atom stereocenters. The molecule has 0 saturated heterocycles. The summed E-state index contributed by atoms with van der Waals surface area (Å²) in [5, 5.41) is 0.465. The summed E-state index contributed by atoms with van der Waals surface area (Å²) in [6.45, 7) is 6.12. The highest BCUT2D eigenvalue weighted by atomic mass is 35.5. The van der Waals surface area contributed by atoms with Crippen molar-refractivity contribution in [2.24, 2.45) is 0 Å². The van der Waals surface area contributed by atoms with Crippen molar-refractivity contribution < 1.29 is 14.3 Å². The summed E-state index contributed by atoms with van der Waals surface area (Å²) in [6, 6.07) is 5.54. The number of pyridine rings is 1. The van der Waals surface area contributed by atoms with Crippen LogP contribution in [0.15, 0.2) is 24.4 Å². The summed E-state index contributed by atoms with van der Waals surface area (Å²) in [6.07, 6.45) is 2.21. The maximum atomic E-state index is 12.8. The van der Waals surface area contributed by atoms with Crippen molar-refractivity contribution >= 4 is 29.1 Å². The number of carbonyl (C=O) groups is 1. The average molecular weight is 395 g/mol. The predicted octanol–water partition coefficient (Wildman–Crippen LogP) is 4.38. The van der Waals surface area contributed by atoms with E-state index in [1.165, 1.54) is 11.8 Å². The van der Waals surface area contributed by atoms with Gasteiger partial charge >= 0.3 is 0 Å². The first-order chi connectivity index (χ1) is 12.5. The van der Waals surface area contributed by atoms with Crippen molar-refractivity contribution in [1.29, 1.82) is 0 Å². The van der Waals surface area contributed by atoms with Gasteiger partial charge in [-0.15, -0.1) is 0 Å². The van der Waals surface area contributed by atoms with Crippen molar-refractivity contribution in [1.82, 2.24) is 9.88 Å². The molecule has 0 aliphatic carbocycles. The van der Waals surface area contributed by atoms with Gasteiger partial charge in [-0.1, -0.05) is 23.2 Å². The van der Waals surface area contributed by atoms with Crippen molar-refractivity contribution in [3.63, 3.8) is 0 Å². The molecule has 0 saturated carbocycles. The fraction of sp³-hybridized carbons (Fsp3) is 0.368. The van der Waals surface area contributed by atoms with Crippen LogP contribution in [0.4, 0.5) is 0 Å². The minimum absolute atomic E-state index is 0.117. The zero-order chi connectivity index (χ0) is 18.7. The van der Waals surface area contributed by atoms with Gasteiger partial charge in [0.25, 0.3) is 5.91 Å². The van der Waals surface area contributed by atoms with Gasteiger partial charge in [-0.3, -0.25) is 4.79 Å². The van der Waals surface area contributed by atoms with Gasteiger partial charge in [0.1, 0.15) is 5.15 Å². The molecule has 138 valence electrons. The molecule has 0 fully saturated rings. The normalized spacial score (nSPS) is 13.3. The smallest absolute Gasteiger partial charge is 0.255 e. The summed E-state index contributed by atoms with van der Waals surface area (Å²) in [4.78, 5) is 18.5. The molecule has 26 heavy (non-hydrogen) atoms. The molecule has 2 heterocycles. The number of ether oxygens (including phenoxy) is 2. The monoisotopic (exact) mass is 394 g/mol. The first-order valence-corrected chi connectivity index (χ1v) is 9.30. The molecule has 1 aromatic carbocycles. The molecule has 3 rings (SSSR count). The molecule has 7 heteroatoms. The number of nitrogens with zero attached hydrogens (tertiary/aromatic N) is 2. The van der Waals surface area contributed by atoms with E-state index < -0.39 is 0 Å². The Bertz CT molecular complexity index is 827. The number of benzene rings is 1. The molecule has 1 amide bonds. The first kappa shape index (κ1) is 18.8. The minimum Gasteiger partial charge on any atom is -0.490 e. The zero-order valence-electron chi connectivity index (χ0n) is 14.7. The van der Waals surface area contributed by atoms with Crippen LogP contribution in [-0.2, 0) is 13.0 Å². The number of hydrogen-bond acceptors (Lipinski definition) is 4. The average Bonchev–Trinajstić information content (AvgIpc) is 2.64. The number of fused-ring (bicyclic) bond motifs is 1. The van der Waals surface area contributed by atoms with E-state index >= 15 is 0 Å². The molecule has 0 radical (unpaired) electrons. The van der Waals surface area contributed by atoms with Crippen molar-refractivity contribution in [3.8, 4) is 11.5 Å². The first-order valence-electron chi connectivity index (χ1n) is 8.55. The Morgan fingerprint density at radius 2 is 1.77 bits per heavy atom. The molecule has 0 N–H and O–H groups in total. The molecule has 1 aliphatic rings. The Morgan fingerprint density at radius 3 is 2.38 bits per heavy atom. The minimum atomic E-state index is -0.117. The molecule has 0 spiro atoms. The summed E-state index contributed by atoms with van der Waals surface area (Å²) < 4.78 is 11.4. The van der Waals surface area contributed by atoms with Crippen LogP contribution >= 0.6 is 23.2 Å². The number of hydrogen-bond donors (Lipinski definition) is 0. The van der Waals surface area contributed by atoms with Gasteiger partial charge in [-0.25, -0.2) is 4.98 Å². The van der Waals surface area contributed by atoms with Crippen LogP contribution in [-0.4, -0.2) is 35.5 Å². The number of aromatic nitrogens is 1. The maximum absolute atomic E-state index is 12.8. The molecule has 0 bridgehead atoms. The summed E-state index contributed by atoms with van der Waals surface area (Å²) >= 11 is 11.8. The van der Waals surface area contributed by atoms with E-state index in [1.807, 2.05) is 26.0 Å². The lowest BCUT2D eigenvalue weighted by Gasteiger charge is -2.30. The second-order valence-electron chi connectivity index (χ2n) is 5.91. The maximum Gasteiger partial charge on any atom is 0.255 e. The van der Waals surface area contributed by atoms with Gasteiger partial charge in [0.2, 0.25) is 0 Å². The van der Waals surface area contributed by atoms with Crippen LogP contribution in [0.5, 0.6) is 11.5 Å². The van der Waals surface area contributed by atoms with Crippen LogP contribution in [0.1, 0.15) is 35.3 Å². The van der Waals surface area contributed by atoms with Crippen molar-refractivity contribution in [3.05, 3.63) is 51.3 Å². The second kappa shape index (κ2) is 8.14. The predicted molar refractivity (Wildman–Crippen MR) is 101 cm³/mol. The molecule has 5 nitrogen and oxygen atoms in total. The Morgan fingerprint density at radius 1 is 1.12 bits per heavy atom. The third kappa shape index (κ3) is 3.89. The number of rotatable bonds is 5. The Balaban J connectivity index is 1.85. The SMILES string of the molecule is CCOc1cc2c(cc1OCC)CN(C(=O)c1cnc(Cl)c(Cl)c1)CC2. The third-order valence-electron chi connectivity index (χ3n) is 4.21. The molecular formula is C19H20Cl2N2O3. The van der Waals surface area contributed by atoms with E-state index in [-0.39, 0.29) is 16.1 Å². The number of carbonyl (C=O) groups excluding carboxylic acids is 1. The van der Waals surface area contributed by atoms with E-state index in [4.69, 9.17) is 32.7 Å². The number of amides is 1. The standard InChI is InChI=1S/C19H20Cl2N2O3/c1-3-25-16-8-12-5-6-23(11-14(12)9-17(16)26-4-2)19(24)13-7-15(20)18(21)22-10-13/h7-10H,3-6,11H2,1-2H3. The van der Waals surface area contributed by atoms with E-state index in [9.17, 15) is 4.79 Å². The lowest BCUT2D eigenvalue weighted by atomic mass is 9.98. The number of halogens is 2. The Labute approximate surface area is 162 Å². The van der Waals surface area contributed by atoms with E-state index in [1.54, 1.807) is 11.0 Å². The van der Waals surface area contributed by atoms with E-state index in [0.29, 0.717) is 37.6 Å². The van der Waals surface area contributed by atoms with Crippen molar-refractivity contribution in [2.75, 3.05) is 19.8 Å². The molecule has 0 atom stereocenters. The van der Waals surface area contributed by atoms with Crippen LogP contribution in [0.25, 0.3) is 0 Å². The molecule has 1 aliphatic heterocycles. The van der Waals surface area contributed by atoms with Gasteiger partial charge in [-0.05, 0) is 49.6 Å². The molecular weight excluding hydrogens is 375 g/mol. The highest BCUT2D eigenvalue weighted by Crippen LogP contribution is 2.34. The van der Waals surface area contributed by atoms with Gasteiger partial charge in [-0.2, -0.15) is 0 Å². The highest BCUT2D eigenvalue weighted by molar-refractivity contribution is 6.41. The van der Waals surface area contributed by atoms with Gasteiger partial charge in [0.15, 0.2) is 11.5 Å². The van der Waals surface area contributed by atoms with E-state index in [2.05, 4.69) is 4.98 Å². The summed E-state index contributed by atoms with van der Waals surface area (Å²) in [7, 11) is 0. The lowest BCUT2D eigenvalue weighted by Crippen LogP contribution is -2.36. The van der Waals surface area contributed by atoms with Crippen molar-refractivity contribution in [2.45, 2.75) is 26.8 Å². The summed E-state index contributed by atoms with van der Waals surface area (Å²) in [5.41, 5.74) is 2.66. The molecule has 1 aromatic heterocycles. The molecule has 2 aromatic rings. The van der Waals surface area contributed by atoms with Gasteiger partial charge in [0.05, 0.1) is 23.8 Å². The highest BCUT2D eigenvalue weighted by Gasteiger charge is 2.24. The lowest BCUT2D eigenvalue weighted by molar-refractivity contribution is 0.0734. The topological polar surface area (TPSA) is 51.7 Å². The Hall–Kier alpha value is -1.98. The largest absolute Gasteiger partial charge is 0.490 e. The fourth-order valence-corrected chi connectivity index (χ4v) is 3.26. The van der Waals surface area contributed by atoms with E-state index in [0.717, 1.165) is 17.7 Å². The van der Waals surface area contributed by atoms with Crippen LogP contribution < -0.4 is 9.47 Å². The quantitative estimate of drug-likeness (QED) is 0.705. The Kier molecular flexibility index (Phi) is 5.89. The third-order valence-corrected chi connectivity index (χ3v) is 4.89. The fourth-order valence-electron chi connectivity index (χ4n) is 2.99. The zero-order valence-corrected chi connectivity index (χ0v) is 16.2. The second-order valence-corrected chi connectivity index (χ2v) is 6.67. The van der Waals surface area contributed by atoms with Gasteiger partial charge < -0.3 is 14.4 Å². The van der Waals surface area contributed by atoms with Gasteiger partial charge in [0, 0.05) is 19.3 Å². The van der Waals surface area contributed by atoms with Crippen LogP contribution in [0, 0.1) is 0 Å². The summed E-state index contributed by atoms with van der Waals surface area (Å²) in [5.74, 6) is 1.34.